The van der Waals surface area contributed by atoms with Crippen molar-refractivity contribution in [2.75, 3.05) is 35.0 Å². The van der Waals surface area contributed by atoms with Crippen LogP contribution < -0.4 is 20.3 Å². The molecule has 0 aromatic heterocycles. The summed E-state index contributed by atoms with van der Waals surface area (Å²) < 4.78 is 54.9. The number of carbonyl (C=O) groups is 1. The number of carbonyl (C=O) groups excluding carboxylic acids is 1. The SMILES string of the molecule is CCNc1cc(C(=O)N[C@@H](Cc2cc(F)cc(F)c2)[C@H](O)CNC(C)CCCC(C)C)cc(N2CCCCS2(=O)=O)c1. The van der Waals surface area contributed by atoms with E-state index in [4.69, 9.17) is 0 Å². The number of amides is 1. The summed E-state index contributed by atoms with van der Waals surface area (Å²) >= 11 is 0. The fourth-order valence-corrected chi connectivity index (χ4v) is 6.81. The van der Waals surface area contributed by atoms with Crippen LogP contribution in [0.5, 0.6) is 0 Å². The molecule has 0 spiro atoms. The molecule has 1 heterocycles. The van der Waals surface area contributed by atoms with Gasteiger partial charge >= 0.3 is 0 Å². The zero-order valence-electron chi connectivity index (χ0n) is 25.1. The summed E-state index contributed by atoms with van der Waals surface area (Å²) in [4.78, 5) is 13.6. The summed E-state index contributed by atoms with van der Waals surface area (Å²) in [6.45, 7) is 9.33. The average molecular weight is 609 g/mol. The van der Waals surface area contributed by atoms with Gasteiger partial charge in [0.25, 0.3) is 5.91 Å². The summed E-state index contributed by atoms with van der Waals surface area (Å²) in [5.41, 5.74) is 1.48. The normalized spacial score (nSPS) is 17.1. The molecule has 0 radical (unpaired) electrons. The van der Waals surface area contributed by atoms with Crippen LogP contribution in [0.25, 0.3) is 0 Å². The van der Waals surface area contributed by atoms with Crippen molar-refractivity contribution in [1.29, 1.82) is 0 Å². The molecule has 1 aliphatic heterocycles. The first-order valence-electron chi connectivity index (χ1n) is 14.9. The highest BCUT2D eigenvalue weighted by Crippen LogP contribution is 2.28. The Labute approximate surface area is 249 Å². The third kappa shape index (κ3) is 10.2. The maximum atomic E-state index is 14.0. The van der Waals surface area contributed by atoms with Crippen LogP contribution in [-0.2, 0) is 16.4 Å². The maximum Gasteiger partial charge on any atom is 0.251 e. The molecule has 1 aliphatic rings. The Morgan fingerprint density at radius 1 is 1.02 bits per heavy atom. The van der Waals surface area contributed by atoms with Crippen LogP contribution in [0.4, 0.5) is 20.2 Å². The van der Waals surface area contributed by atoms with E-state index in [2.05, 4.69) is 29.8 Å². The summed E-state index contributed by atoms with van der Waals surface area (Å²) in [5.74, 6) is -1.37. The molecule has 1 amide bonds. The molecule has 1 fully saturated rings. The van der Waals surface area contributed by atoms with E-state index in [9.17, 15) is 27.1 Å². The molecule has 0 aliphatic carbocycles. The standard InChI is InChI=1S/C31H46F2N4O4S/c1-5-34-27-16-24(17-28(19-27)37-11-6-7-12-42(37,40)41)31(39)36-29(15-23-13-25(32)18-26(33)14-23)30(38)20-35-22(4)10-8-9-21(2)3/h13-14,16-19,21-22,29-30,34-35,38H,5-12,15,20H2,1-4H3,(H,36,39)/t22?,29-,30+/m0/s1. The second kappa shape index (κ2) is 15.6. The number of sulfonamides is 1. The van der Waals surface area contributed by atoms with Gasteiger partial charge in [0, 0.05) is 43.0 Å². The highest BCUT2D eigenvalue weighted by molar-refractivity contribution is 7.92. The Morgan fingerprint density at radius 3 is 2.38 bits per heavy atom. The van der Waals surface area contributed by atoms with Crippen molar-refractivity contribution in [2.45, 2.75) is 84.4 Å². The van der Waals surface area contributed by atoms with Gasteiger partial charge in [0.15, 0.2) is 0 Å². The van der Waals surface area contributed by atoms with Crippen molar-refractivity contribution in [1.82, 2.24) is 10.6 Å². The molecule has 1 saturated heterocycles. The minimum atomic E-state index is -3.51. The summed E-state index contributed by atoms with van der Waals surface area (Å²) in [7, 11) is -3.51. The number of anilines is 2. The lowest BCUT2D eigenvalue weighted by Gasteiger charge is -2.29. The molecule has 0 bridgehead atoms. The quantitative estimate of drug-likeness (QED) is 0.231. The van der Waals surface area contributed by atoms with Gasteiger partial charge in [0.1, 0.15) is 11.6 Å². The lowest BCUT2D eigenvalue weighted by atomic mass is 9.99. The zero-order valence-corrected chi connectivity index (χ0v) is 25.9. The van der Waals surface area contributed by atoms with Gasteiger partial charge in [-0.1, -0.05) is 26.7 Å². The largest absolute Gasteiger partial charge is 0.390 e. The van der Waals surface area contributed by atoms with Gasteiger partial charge in [-0.2, -0.15) is 0 Å². The predicted octanol–water partition coefficient (Wildman–Crippen LogP) is 4.83. The van der Waals surface area contributed by atoms with E-state index in [1.165, 1.54) is 22.5 Å². The third-order valence-corrected chi connectivity index (χ3v) is 9.32. The monoisotopic (exact) mass is 608 g/mol. The van der Waals surface area contributed by atoms with Gasteiger partial charge in [-0.3, -0.25) is 9.10 Å². The lowest BCUT2D eigenvalue weighted by Crippen LogP contribution is -2.49. The molecular formula is C31H46F2N4O4S. The Kier molecular flexibility index (Phi) is 12.6. The van der Waals surface area contributed by atoms with Crippen LogP contribution >= 0.6 is 0 Å². The number of hydrogen-bond donors (Lipinski definition) is 4. The Bertz CT molecular complexity index is 1270. The van der Waals surface area contributed by atoms with Crippen LogP contribution in [0.3, 0.4) is 0 Å². The fourth-order valence-electron chi connectivity index (χ4n) is 5.19. The molecule has 4 N–H and O–H groups in total. The molecule has 0 saturated carbocycles. The van der Waals surface area contributed by atoms with E-state index < -0.39 is 39.7 Å². The van der Waals surface area contributed by atoms with Crippen LogP contribution in [0.2, 0.25) is 0 Å². The minimum Gasteiger partial charge on any atom is -0.390 e. The smallest absolute Gasteiger partial charge is 0.251 e. The van der Waals surface area contributed by atoms with Crippen LogP contribution in [0, 0.1) is 17.6 Å². The van der Waals surface area contributed by atoms with E-state index in [0.717, 1.165) is 25.3 Å². The Balaban J connectivity index is 1.84. The first-order valence-corrected chi connectivity index (χ1v) is 16.6. The number of aliphatic hydroxyl groups is 1. The van der Waals surface area contributed by atoms with Crippen LogP contribution in [-0.4, -0.2) is 63.0 Å². The van der Waals surface area contributed by atoms with Gasteiger partial charge in [-0.05, 0) is 81.3 Å². The molecule has 42 heavy (non-hydrogen) atoms. The van der Waals surface area contributed by atoms with E-state index in [1.54, 1.807) is 12.1 Å². The van der Waals surface area contributed by atoms with Crippen LogP contribution in [0.1, 0.15) is 75.7 Å². The number of nitrogens with one attached hydrogen (secondary N) is 3. The number of rotatable bonds is 15. The Morgan fingerprint density at radius 2 is 1.74 bits per heavy atom. The molecule has 11 heteroatoms. The average Bonchev–Trinajstić information content (AvgIpc) is 2.90. The fraction of sp³-hybridized carbons (Fsp3) is 0.581. The van der Waals surface area contributed by atoms with Gasteiger partial charge in [0.05, 0.1) is 23.6 Å². The molecular weight excluding hydrogens is 562 g/mol. The van der Waals surface area contributed by atoms with E-state index in [1.807, 2.05) is 13.8 Å². The number of hydrogen-bond acceptors (Lipinski definition) is 6. The zero-order chi connectivity index (χ0) is 30.9. The number of aliphatic hydroxyl groups excluding tert-OH is 1. The van der Waals surface area contributed by atoms with Crippen molar-refractivity contribution in [3.05, 3.63) is 59.2 Å². The van der Waals surface area contributed by atoms with Gasteiger partial charge < -0.3 is 21.1 Å². The summed E-state index contributed by atoms with van der Waals surface area (Å²) in [6.07, 6.45) is 3.30. The van der Waals surface area contributed by atoms with Gasteiger partial charge in [0.2, 0.25) is 10.0 Å². The topological polar surface area (TPSA) is 111 Å². The second-order valence-corrected chi connectivity index (χ2v) is 13.7. The highest BCUT2D eigenvalue weighted by atomic mass is 32.2. The molecule has 2 aromatic rings. The minimum absolute atomic E-state index is 0.00867. The van der Waals surface area contributed by atoms with Gasteiger partial charge in [-0.15, -0.1) is 0 Å². The van der Waals surface area contributed by atoms with Crippen LogP contribution in [0.15, 0.2) is 36.4 Å². The maximum absolute atomic E-state index is 14.0. The first-order chi connectivity index (χ1) is 19.9. The predicted molar refractivity (Wildman–Crippen MR) is 164 cm³/mol. The van der Waals surface area contributed by atoms with E-state index in [-0.39, 0.29) is 30.3 Å². The lowest BCUT2D eigenvalue weighted by molar-refractivity contribution is 0.0825. The summed E-state index contributed by atoms with van der Waals surface area (Å²) in [5, 5.41) is 20.5. The van der Waals surface area contributed by atoms with Crippen molar-refractivity contribution in [3.8, 4) is 0 Å². The molecule has 8 nitrogen and oxygen atoms in total. The number of nitrogens with zero attached hydrogens (tertiary/aromatic N) is 1. The number of benzene rings is 2. The third-order valence-electron chi connectivity index (χ3n) is 7.45. The molecule has 2 aromatic carbocycles. The van der Waals surface area contributed by atoms with Gasteiger partial charge in [-0.25, -0.2) is 17.2 Å². The van der Waals surface area contributed by atoms with E-state index >= 15 is 0 Å². The first kappa shape index (κ1) is 33.7. The van der Waals surface area contributed by atoms with Crippen molar-refractivity contribution in [3.63, 3.8) is 0 Å². The Hall–Kier alpha value is -2.76. The molecule has 3 rings (SSSR count). The van der Waals surface area contributed by atoms with Crippen molar-refractivity contribution in [2.24, 2.45) is 5.92 Å². The summed E-state index contributed by atoms with van der Waals surface area (Å²) in [6, 6.07) is 7.25. The van der Waals surface area contributed by atoms with Crippen molar-refractivity contribution < 1.29 is 27.1 Å². The number of halogens is 2. The highest BCUT2D eigenvalue weighted by Gasteiger charge is 2.28. The molecule has 3 atom stereocenters. The molecule has 234 valence electrons. The molecule has 1 unspecified atom stereocenters. The van der Waals surface area contributed by atoms with Crippen molar-refractivity contribution >= 4 is 27.3 Å². The van der Waals surface area contributed by atoms with E-state index in [0.29, 0.717) is 48.8 Å². The second-order valence-electron chi connectivity index (χ2n) is 11.7.